The quantitative estimate of drug-likeness (QED) is 0.350. The minimum absolute atomic E-state index is 0.368. The molecule has 7 rings (SSSR count). The number of aromatic nitrogens is 4. The summed E-state index contributed by atoms with van der Waals surface area (Å²) in [5.41, 5.74) is 8.65. The molecule has 6 heterocycles. The van der Waals surface area contributed by atoms with Crippen molar-refractivity contribution in [1.82, 2.24) is 24.5 Å². The summed E-state index contributed by atoms with van der Waals surface area (Å²) in [6.45, 7) is 12.4. The number of nitrogens with one attached hydrogen (secondary N) is 1. The van der Waals surface area contributed by atoms with Crippen LogP contribution in [0.25, 0.3) is 27.1 Å². The van der Waals surface area contributed by atoms with Gasteiger partial charge >= 0.3 is 0 Å². The minimum atomic E-state index is -2.81. The van der Waals surface area contributed by atoms with Gasteiger partial charge in [-0.2, -0.15) is 5.10 Å². The molecule has 3 fully saturated rings. The number of aryl methyl sites for hydroxylation is 2. The number of thiophene rings is 1. The molecule has 1 saturated carbocycles. The molecule has 2 saturated heterocycles. The zero-order valence-corrected chi connectivity index (χ0v) is 24.5. The van der Waals surface area contributed by atoms with Crippen LogP contribution in [0.2, 0.25) is 0 Å². The Morgan fingerprint density at radius 1 is 1.05 bits per heavy atom. The first kappa shape index (κ1) is 24.8. The summed E-state index contributed by atoms with van der Waals surface area (Å²) < 4.78 is 25.8. The van der Waals surface area contributed by atoms with Crippen LogP contribution in [0.1, 0.15) is 78.5 Å². The number of rotatable bonds is 4. The van der Waals surface area contributed by atoms with E-state index in [-0.39, 0.29) is 0 Å². The highest BCUT2D eigenvalue weighted by atomic mass is 32.2. The third-order valence-electron chi connectivity index (χ3n) is 9.85. The summed E-state index contributed by atoms with van der Waals surface area (Å²) in [6.07, 6.45) is 7.86. The van der Waals surface area contributed by atoms with Crippen molar-refractivity contribution < 1.29 is 8.42 Å². The smallest absolute Gasteiger partial charge is 0.158 e. The van der Waals surface area contributed by atoms with Gasteiger partial charge < -0.3 is 4.98 Å². The first-order chi connectivity index (χ1) is 18.1. The van der Waals surface area contributed by atoms with Gasteiger partial charge in [0.15, 0.2) is 5.65 Å². The topological polar surface area (TPSA) is 83.4 Å². The molecule has 38 heavy (non-hydrogen) atoms. The van der Waals surface area contributed by atoms with Crippen LogP contribution >= 0.6 is 11.3 Å². The largest absolute Gasteiger partial charge is 0.346 e. The summed E-state index contributed by atoms with van der Waals surface area (Å²) in [5.74, 6) is 2.43. The van der Waals surface area contributed by atoms with E-state index in [0.29, 0.717) is 41.3 Å². The molecule has 0 radical (unpaired) electrons. The zero-order valence-electron chi connectivity index (χ0n) is 22.9. The van der Waals surface area contributed by atoms with Crippen LogP contribution in [0.15, 0.2) is 12.5 Å². The fourth-order valence-electron chi connectivity index (χ4n) is 7.81. The van der Waals surface area contributed by atoms with Crippen molar-refractivity contribution in [1.29, 1.82) is 0 Å². The predicted molar refractivity (Wildman–Crippen MR) is 154 cm³/mol. The zero-order chi connectivity index (χ0) is 26.5. The fourth-order valence-corrected chi connectivity index (χ4v) is 10.7. The van der Waals surface area contributed by atoms with E-state index in [9.17, 15) is 8.42 Å². The SMILES string of the molecule is Cc1c(-c2[nH]c3sc([C@@H]4CC5C[C@H]4CN5C4CCS(=O)(=O)CC4)c(C)c3c2C(C)C)cn2ncnc2c1C. The number of hydrogen-bond donors (Lipinski definition) is 1. The molecule has 9 heteroatoms. The molecule has 3 atom stereocenters. The van der Waals surface area contributed by atoms with Crippen LogP contribution in [0, 0.1) is 26.7 Å². The molecule has 2 bridgehead atoms. The lowest BCUT2D eigenvalue weighted by Crippen LogP contribution is -2.46. The molecule has 3 aliphatic rings. The van der Waals surface area contributed by atoms with E-state index >= 15 is 0 Å². The van der Waals surface area contributed by atoms with Crippen molar-refractivity contribution in [3.8, 4) is 11.3 Å². The second kappa shape index (κ2) is 8.63. The standard InChI is InChI=1S/C29H37N5O2S2/c1-15(2)24-25-18(5)27(22-11-21-10-19(22)12-33(21)20-6-8-38(35,36)9-7-20)37-29(25)32-26(24)23-13-34-28(30-14-31-34)17(4)16(23)3/h13-15,19-22,32H,6-12H2,1-5H3/t19-,21?,22+/m0/s1. The van der Waals surface area contributed by atoms with E-state index in [1.54, 1.807) is 11.2 Å². The first-order valence-corrected chi connectivity index (χ1v) is 16.7. The third-order valence-corrected chi connectivity index (χ3v) is 12.9. The summed E-state index contributed by atoms with van der Waals surface area (Å²) >= 11 is 1.97. The lowest BCUT2D eigenvalue weighted by molar-refractivity contribution is 0.131. The number of pyridine rings is 1. The second-order valence-corrected chi connectivity index (χ2v) is 15.6. The van der Waals surface area contributed by atoms with Gasteiger partial charge in [0, 0.05) is 40.7 Å². The molecule has 0 aromatic carbocycles. The number of likely N-dealkylation sites (tertiary alicyclic amines) is 1. The molecule has 0 spiro atoms. The number of piperidine rings is 1. The maximum atomic E-state index is 11.9. The van der Waals surface area contributed by atoms with Gasteiger partial charge in [0.05, 0.1) is 17.2 Å². The Labute approximate surface area is 228 Å². The summed E-state index contributed by atoms with van der Waals surface area (Å²) in [5, 5.41) is 5.86. The third kappa shape index (κ3) is 3.64. The van der Waals surface area contributed by atoms with E-state index in [4.69, 9.17) is 0 Å². The van der Waals surface area contributed by atoms with E-state index in [1.807, 2.05) is 15.9 Å². The molecule has 2 aliphatic heterocycles. The summed E-state index contributed by atoms with van der Waals surface area (Å²) in [7, 11) is -2.81. The van der Waals surface area contributed by atoms with E-state index in [1.165, 1.54) is 56.6 Å². The normalized spacial score (nSPS) is 26.0. The Kier molecular flexibility index (Phi) is 5.63. The average molecular weight is 552 g/mol. The maximum Gasteiger partial charge on any atom is 0.158 e. The molecular weight excluding hydrogens is 514 g/mol. The fraction of sp³-hybridized carbons (Fsp3) is 0.586. The highest BCUT2D eigenvalue weighted by Crippen LogP contribution is 2.54. The van der Waals surface area contributed by atoms with Gasteiger partial charge in [-0.3, -0.25) is 4.90 Å². The number of fused-ring (bicyclic) bond motifs is 4. The molecule has 202 valence electrons. The Hall–Kier alpha value is -2.23. The Morgan fingerprint density at radius 2 is 1.82 bits per heavy atom. The predicted octanol–water partition coefficient (Wildman–Crippen LogP) is 5.74. The number of sulfone groups is 1. The molecule has 0 amide bonds. The molecule has 1 N–H and O–H groups in total. The minimum Gasteiger partial charge on any atom is -0.346 e. The van der Waals surface area contributed by atoms with E-state index < -0.39 is 9.84 Å². The number of hydrogen-bond acceptors (Lipinski definition) is 6. The lowest BCUT2D eigenvalue weighted by Gasteiger charge is -2.39. The van der Waals surface area contributed by atoms with Crippen molar-refractivity contribution in [3.63, 3.8) is 0 Å². The molecule has 4 aromatic heterocycles. The van der Waals surface area contributed by atoms with Gasteiger partial charge in [0.2, 0.25) is 0 Å². The Bertz CT molecular complexity index is 1660. The van der Waals surface area contributed by atoms with Gasteiger partial charge in [-0.05, 0) is 86.5 Å². The highest BCUT2D eigenvalue weighted by Gasteiger charge is 2.48. The molecule has 1 aliphatic carbocycles. The van der Waals surface area contributed by atoms with Crippen LogP contribution in [-0.2, 0) is 9.84 Å². The summed E-state index contributed by atoms with van der Waals surface area (Å²) in [4.78, 5) is 13.9. The van der Waals surface area contributed by atoms with Crippen LogP contribution in [0.3, 0.4) is 0 Å². The van der Waals surface area contributed by atoms with Gasteiger partial charge in [-0.25, -0.2) is 17.9 Å². The molecule has 4 aromatic rings. The van der Waals surface area contributed by atoms with Crippen molar-refractivity contribution in [3.05, 3.63) is 39.7 Å². The first-order valence-electron chi connectivity index (χ1n) is 14.0. The van der Waals surface area contributed by atoms with Gasteiger partial charge in [0.1, 0.15) is 21.0 Å². The van der Waals surface area contributed by atoms with Crippen LogP contribution in [0.4, 0.5) is 0 Å². The van der Waals surface area contributed by atoms with E-state index in [0.717, 1.165) is 25.0 Å². The Balaban J connectivity index is 1.22. The van der Waals surface area contributed by atoms with Gasteiger partial charge in [-0.1, -0.05) is 13.8 Å². The second-order valence-electron chi connectivity index (χ2n) is 12.3. The monoisotopic (exact) mass is 551 g/mol. The van der Waals surface area contributed by atoms with Crippen molar-refractivity contribution in [2.75, 3.05) is 18.1 Å². The average Bonchev–Trinajstić information content (AvgIpc) is 3.68. The molecule has 1 unspecified atom stereocenters. The molecule has 7 nitrogen and oxygen atoms in total. The van der Waals surface area contributed by atoms with Crippen LogP contribution in [0.5, 0.6) is 0 Å². The molecular formula is C29H37N5O2S2. The van der Waals surface area contributed by atoms with Crippen molar-refractivity contribution in [2.24, 2.45) is 5.92 Å². The van der Waals surface area contributed by atoms with Crippen LogP contribution in [-0.4, -0.2) is 63.0 Å². The summed E-state index contributed by atoms with van der Waals surface area (Å²) in [6, 6.07) is 1.06. The number of H-pyrrole nitrogens is 1. The Morgan fingerprint density at radius 3 is 2.50 bits per heavy atom. The van der Waals surface area contributed by atoms with Gasteiger partial charge in [-0.15, -0.1) is 11.3 Å². The van der Waals surface area contributed by atoms with Gasteiger partial charge in [0.25, 0.3) is 0 Å². The van der Waals surface area contributed by atoms with Crippen molar-refractivity contribution in [2.45, 2.75) is 84.2 Å². The number of aromatic amines is 1. The van der Waals surface area contributed by atoms with E-state index in [2.05, 4.69) is 60.8 Å². The lowest BCUT2D eigenvalue weighted by atomic mass is 9.88. The van der Waals surface area contributed by atoms with Crippen molar-refractivity contribution >= 4 is 37.0 Å². The van der Waals surface area contributed by atoms with Crippen LogP contribution < -0.4 is 0 Å². The maximum absolute atomic E-state index is 11.9. The highest BCUT2D eigenvalue weighted by molar-refractivity contribution is 7.91. The number of nitrogens with zero attached hydrogens (tertiary/aromatic N) is 4.